The first-order chi connectivity index (χ1) is 7.78. The molecule has 0 saturated heterocycles. The van der Waals surface area contributed by atoms with E-state index in [1.807, 2.05) is 6.92 Å². The lowest BCUT2D eigenvalue weighted by molar-refractivity contribution is 0.203. The molecule has 2 nitrogen and oxygen atoms in total. The molecule has 1 atom stereocenters. The molecule has 1 rings (SSSR count). The van der Waals surface area contributed by atoms with E-state index in [0.717, 1.165) is 6.54 Å². The van der Waals surface area contributed by atoms with Crippen molar-refractivity contribution in [3.05, 3.63) is 28.5 Å². The van der Waals surface area contributed by atoms with Gasteiger partial charge in [0, 0.05) is 12.1 Å². The van der Waals surface area contributed by atoms with E-state index in [9.17, 15) is 4.39 Å². The van der Waals surface area contributed by atoms with Crippen molar-refractivity contribution in [2.45, 2.75) is 39.3 Å². The van der Waals surface area contributed by atoms with Crippen LogP contribution in [0.4, 0.5) is 4.39 Å². The Morgan fingerprint density at radius 3 is 2.59 bits per heavy atom. The standard InChI is InChI=1S/C13H19BrFNO/c1-9(8-16-13(2,3)4)17-10-5-6-12(15)11(14)7-10/h5-7,9,16H,8H2,1-4H3. The van der Waals surface area contributed by atoms with E-state index >= 15 is 0 Å². The quantitative estimate of drug-likeness (QED) is 0.915. The highest BCUT2D eigenvalue weighted by Crippen LogP contribution is 2.22. The Kier molecular flexibility index (Phi) is 4.95. The summed E-state index contributed by atoms with van der Waals surface area (Å²) in [5, 5.41) is 3.36. The number of hydrogen-bond donors (Lipinski definition) is 1. The molecule has 0 heterocycles. The highest BCUT2D eigenvalue weighted by Gasteiger charge is 2.12. The molecule has 0 radical (unpaired) electrons. The van der Waals surface area contributed by atoms with Crippen molar-refractivity contribution in [3.8, 4) is 5.75 Å². The van der Waals surface area contributed by atoms with E-state index in [4.69, 9.17) is 4.74 Å². The molecule has 1 N–H and O–H groups in total. The number of halogens is 2. The lowest BCUT2D eigenvalue weighted by Crippen LogP contribution is -2.41. The van der Waals surface area contributed by atoms with Crippen LogP contribution in [-0.2, 0) is 0 Å². The summed E-state index contributed by atoms with van der Waals surface area (Å²) < 4.78 is 19.1. The van der Waals surface area contributed by atoms with Crippen LogP contribution >= 0.6 is 15.9 Å². The molecule has 0 spiro atoms. The van der Waals surface area contributed by atoms with E-state index in [1.165, 1.54) is 6.07 Å². The molecule has 0 saturated carbocycles. The van der Waals surface area contributed by atoms with Crippen molar-refractivity contribution in [1.82, 2.24) is 5.32 Å². The average molecular weight is 304 g/mol. The van der Waals surface area contributed by atoms with Gasteiger partial charge in [0.05, 0.1) is 4.47 Å². The molecule has 0 aliphatic heterocycles. The first kappa shape index (κ1) is 14.5. The maximum atomic E-state index is 13.0. The molecular formula is C13H19BrFNO. The maximum Gasteiger partial charge on any atom is 0.137 e. The summed E-state index contributed by atoms with van der Waals surface area (Å²) in [4.78, 5) is 0. The van der Waals surface area contributed by atoms with Crippen LogP contribution in [0.25, 0.3) is 0 Å². The van der Waals surface area contributed by atoms with Gasteiger partial charge in [-0.2, -0.15) is 0 Å². The van der Waals surface area contributed by atoms with Gasteiger partial charge in [0.1, 0.15) is 17.7 Å². The SMILES string of the molecule is CC(CNC(C)(C)C)Oc1ccc(F)c(Br)c1. The summed E-state index contributed by atoms with van der Waals surface area (Å²) in [5.74, 6) is 0.388. The van der Waals surface area contributed by atoms with Gasteiger partial charge < -0.3 is 10.1 Å². The molecule has 1 aromatic carbocycles. The lowest BCUT2D eigenvalue weighted by atomic mass is 10.1. The van der Waals surface area contributed by atoms with Crippen molar-refractivity contribution in [1.29, 1.82) is 0 Å². The first-order valence-electron chi connectivity index (χ1n) is 5.64. The smallest absolute Gasteiger partial charge is 0.137 e. The summed E-state index contributed by atoms with van der Waals surface area (Å²) >= 11 is 3.14. The molecule has 0 fully saturated rings. The number of benzene rings is 1. The van der Waals surface area contributed by atoms with E-state index in [0.29, 0.717) is 10.2 Å². The fourth-order valence-electron chi connectivity index (χ4n) is 1.27. The minimum atomic E-state index is -0.280. The third-order valence-electron chi connectivity index (χ3n) is 2.15. The molecule has 17 heavy (non-hydrogen) atoms. The van der Waals surface area contributed by atoms with E-state index < -0.39 is 0 Å². The molecule has 96 valence electrons. The van der Waals surface area contributed by atoms with E-state index in [-0.39, 0.29) is 17.5 Å². The zero-order valence-electron chi connectivity index (χ0n) is 10.7. The highest BCUT2D eigenvalue weighted by molar-refractivity contribution is 9.10. The van der Waals surface area contributed by atoms with Gasteiger partial charge >= 0.3 is 0 Å². The fourth-order valence-corrected chi connectivity index (χ4v) is 1.63. The van der Waals surface area contributed by atoms with Gasteiger partial charge in [-0.1, -0.05) is 0 Å². The molecule has 4 heteroatoms. The zero-order chi connectivity index (χ0) is 13.1. The van der Waals surface area contributed by atoms with Gasteiger partial charge in [-0.05, 0) is 61.8 Å². The Labute approximate surface area is 111 Å². The molecule has 1 aromatic rings. The van der Waals surface area contributed by atoms with Crippen molar-refractivity contribution in [2.24, 2.45) is 0 Å². The van der Waals surface area contributed by atoms with Gasteiger partial charge in [0.2, 0.25) is 0 Å². The van der Waals surface area contributed by atoms with E-state index in [1.54, 1.807) is 12.1 Å². The van der Waals surface area contributed by atoms with Crippen LogP contribution in [0.1, 0.15) is 27.7 Å². The Morgan fingerprint density at radius 2 is 2.06 bits per heavy atom. The topological polar surface area (TPSA) is 21.3 Å². The van der Waals surface area contributed by atoms with Crippen LogP contribution in [0, 0.1) is 5.82 Å². The Balaban J connectivity index is 2.50. The largest absolute Gasteiger partial charge is 0.489 e. The van der Waals surface area contributed by atoms with Crippen LogP contribution in [0.15, 0.2) is 22.7 Å². The summed E-state index contributed by atoms with van der Waals surface area (Å²) in [6, 6.07) is 4.67. The molecule has 1 unspecified atom stereocenters. The second-order valence-corrected chi connectivity index (χ2v) is 5.99. The molecular weight excluding hydrogens is 285 g/mol. The van der Waals surface area contributed by atoms with Crippen LogP contribution < -0.4 is 10.1 Å². The predicted molar refractivity (Wildman–Crippen MR) is 71.9 cm³/mol. The second-order valence-electron chi connectivity index (χ2n) is 5.14. The van der Waals surface area contributed by atoms with Gasteiger partial charge in [-0.15, -0.1) is 0 Å². The van der Waals surface area contributed by atoms with Crippen LogP contribution in [0.3, 0.4) is 0 Å². The summed E-state index contributed by atoms with van der Waals surface area (Å²) in [6.07, 6.45) is 0.0339. The third kappa shape index (κ3) is 5.50. The maximum absolute atomic E-state index is 13.0. The van der Waals surface area contributed by atoms with Gasteiger partial charge in [-0.3, -0.25) is 0 Å². The minimum Gasteiger partial charge on any atom is -0.489 e. The normalized spacial score (nSPS) is 13.5. The monoisotopic (exact) mass is 303 g/mol. The summed E-state index contributed by atoms with van der Waals surface area (Å²) in [6.45, 7) is 9.05. The third-order valence-corrected chi connectivity index (χ3v) is 2.76. The summed E-state index contributed by atoms with van der Waals surface area (Å²) in [7, 11) is 0. The van der Waals surface area contributed by atoms with Gasteiger partial charge in [-0.25, -0.2) is 4.39 Å². The Morgan fingerprint density at radius 1 is 1.41 bits per heavy atom. The van der Waals surface area contributed by atoms with Gasteiger partial charge in [0.15, 0.2) is 0 Å². The molecule has 0 bridgehead atoms. The fraction of sp³-hybridized carbons (Fsp3) is 0.538. The molecule has 0 aromatic heterocycles. The highest BCUT2D eigenvalue weighted by atomic mass is 79.9. The number of rotatable bonds is 4. The molecule has 0 aliphatic rings. The van der Waals surface area contributed by atoms with E-state index in [2.05, 4.69) is 42.0 Å². The number of nitrogens with one attached hydrogen (secondary N) is 1. The Hall–Kier alpha value is -0.610. The molecule has 0 amide bonds. The number of hydrogen-bond acceptors (Lipinski definition) is 2. The number of ether oxygens (including phenoxy) is 1. The predicted octanol–water partition coefficient (Wildman–Crippen LogP) is 3.74. The van der Waals surface area contributed by atoms with Crippen LogP contribution in [0.5, 0.6) is 5.75 Å². The lowest BCUT2D eigenvalue weighted by Gasteiger charge is -2.24. The average Bonchev–Trinajstić information content (AvgIpc) is 2.20. The second kappa shape index (κ2) is 5.83. The summed E-state index contributed by atoms with van der Waals surface area (Å²) in [5.41, 5.74) is 0.0704. The Bertz CT molecular complexity index is 376. The van der Waals surface area contributed by atoms with Crippen LogP contribution in [-0.4, -0.2) is 18.2 Å². The minimum absolute atomic E-state index is 0.0339. The van der Waals surface area contributed by atoms with Crippen molar-refractivity contribution in [2.75, 3.05) is 6.54 Å². The zero-order valence-corrected chi connectivity index (χ0v) is 12.3. The first-order valence-corrected chi connectivity index (χ1v) is 6.44. The van der Waals surface area contributed by atoms with Crippen molar-refractivity contribution < 1.29 is 9.13 Å². The molecule has 0 aliphatic carbocycles. The van der Waals surface area contributed by atoms with Crippen LogP contribution in [0.2, 0.25) is 0 Å². The van der Waals surface area contributed by atoms with Gasteiger partial charge in [0.25, 0.3) is 0 Å². The van der Waals surface area contributed by atoms with Crippen molar-refractivity contribution >= 4 is 15.9 Å². The van der Waals surface area contributed by atoms with Crippen molar-refractivity contribution in [3.63, 3.8) is 0 Å².